The van der Waals surface area contributed by atoms with Crippen molar-refractivity contribution in [2.75, 3.05) is 0 Å². The van der Waals surface area contributed by atoms with E-state index in [1.54, 1.807) is 11.1 Å². The van der Waals surface area contributed by atoms with Gasteiger partial charge in [0, 0.05) is 0 Å². The zero-order valence-electron chi connectivity index (χ0n) is 16.3. The molecule has 2 aliphatic rings. The van der Waals surface area contributed by atoms with Gasteiger partial charge in [0.05, 0.1) is 0 Å². The van der Waals surface area contributed by atoms with Crippen LogP contribution in [0.15, 0.2) is 91.5 Å². The first-order chi connectivity index (χ1) is 12.8. The molecule has 0 atom stereocenters. The molecule has 0 N–H and O–H groups in total. The molecule has 2 aromatic carbocycles. The predicted molar refractivity (Wildman–Crippen MR) is 113 cm³/mol. The summed E-state index contributed by atoms with van der Waals surface area (Å²) < 4.78 is 3.68. The van der Waals surface area contributed by atoms with Crippen LogP contribution in [0.5, 0.6) is 0 Å². The number of rotatable bonds is 5. The summed E-state index contributed by atoms with van der Waals surface area (Å²) in [5.74, 6) is -0.715. The first-order valence-electron chi connectivity index (χ1n) is 9.53. The average Bonchev–Trinajstić information content (AvgIpc) is 3.33. The standard InChI is InChI=1S/2C11H9.C2H7Si.2ClH.Zr/c2*1-2-6-10(7-3-1)11-8-4-5-9-11;1-3-2;;;/h2*1-4,6-8H,5H2;3H,1-2H3;2*1H;/q;;;;;+2/p-2. The summed E-state index contributed by atoms with van der Waals surface area (Å²) in [7, 11) is 0. The Bertz CT molecular complexity index is 839. The molecule has 0 unspecified atom stereocenters. The first-order valence-corrected chi connectivity index (χ1v) is 19.1. The Morgan fingerprint density at radius 1 is 0.643 bits per heavy atom. The van der Waals surface area contributed by atoms with Crippen LogP contribution in [0.4, 0.5) is 0 Å². The van der Waals surface area contributed by atoms with Crippen molar-refractivity contribution < 1.29 is 45.7 Å². The summed E-state index contributed by atoms with van der Waals surface area (Å²) >= 11 is -1.81. The van der Waals surface area contributed by atoms with Crippen LogP contribution >= 0.6 is 0 Å². The van der Waals surface area contributed by atoms with Crippen molar-refractivity contribution in [3.8, 4) is 0 Å². The summed E-state index contributed by atoms with van der Waals surface area (Å²) in [5.41, 5.74) is 5.93. The smallest absolute Gasteiger partial charge is 1.00 e. The molecule has 143 valence electrons. The Kier molecular flexibility index (Phi) is 8.96. The molecule has 0 spiro atoms. The molecule has 0 amide bonds. The molecule has 0 fully saturated rings. The second-order valence-electron chi connectivity index (χ2n) is 7.30. The maximum Gasteiger partial charge on any atom is -1.00 e. The third-order valence-electron chi connectivity index (χ3n) is 5.26. The molecule has 0 bridgehead atoms. The van der Waals surface area contributed by atoms with Gasteiger partial charge in [0.15, 0.2) is 0 Å². The van der Waals surface area contributed by atoms with Crippen molar-refractivity contribution in [2.45, 2.75) is 25.9 Å². The van der Waals surface area contributed by atoms with Gasteiger partial charge in [0.2, 0.25) is 0 Å². The van der Waals surface area contributed by atoms with E-state index in [-0.39, 0.29) is 24.8 Å². The van der Waals surface area contributed by atoms with Crippen molar-refractivity contribution in [3.63, 3.8) is 0 Å². The van der Waals surface area contributed by atoms with E-state index in [2.05, 4.69) is 98.1 Å². The van der Waals surface area contributed by atoms with Gasteiger partial charge in [-0.3, -0.25) is 0 Å². The maximum atomic E-state index is 2.59. The van der Waals surface area contributed by atoms with Gasteiger partial charge in [-0.25, -0.2) is 0 Å². The van der Waals surface area contributed by atoms with E-state index in [1.165, 1.54) is 24.0 Å². The average molecular weight is 504 g/mol. The van der Waals surface area contributed by atoms with E-state index in [0.717, 1.165) is 0 Å². The Morgan fingerprint density at radius 3 is 1.39 bits per heavy atom. The summed E-state index contributed by atoms with van der Waals surface area (Å²) in [5, 5.41) is 0. The molecule has 4 heteroatoms. The molecule has 0 heterocycles. The molecule has 0 nitrogen and oxygen atoms in total. The Labute approximate surface area is 190 Å². The van der Waals surface area contributed by atoms with Crippen molar-refractivity contribution in [1.82, 2.24) is 0 Å². The molecule has 0 saturated heterocycles. The Morgan fingerprint density at radius 2 is 1.04 bits per heavy atom. The van der Waals surface area contributed by atoms with Crippen LogP contribution in [-0.2, 0) is 20.9 Å². The van der Waals surface area contributed by atoms with Crippen molar-refractivity contribution >= 4 is 17.1 Å². The van der Waals surface area contributed by atoms with E-state index in [0.29, 0.717) is 0 Å². The van der Waals surface area contributed by atoms with Crippen molar-refractivity contribution in [2.24, 2.45) is 0 Å². The zero-order valence-corrected chi connectivity index (χ0v) is 21.5. The van der Waals surface area contributed by atoms with E-state index < -0.39 is 26.8 Å². The van der Waals surface area contributed by atoms with Crippen LogP contribution < -0.4 is 24.8 Å². The first kappa shape index (κ1) is 23.4. The third kappa shape index (κ3) is 4.79. The third-order valence-corrected chi connectivity index (χ3v) is 24.6. The van der Waals surface area contributed by atoms with Crippen LogP contribution in [0.2, 0.25) is 13.1 Å². The fourth-order valence-electron chi connectivity index (χ4n) is 4.18. The van der Waals surface area contributed by atoms with Crippen LogP contribution in [0.1, 0.15) is 24.0 Å². The van der Waals surface area contributed by atoms with Gasteiger partial charge in [-0.15, -0.1) is 0 Å². The second kappa shape index (κ2) is 10.7. The number of halogens is 2. The molecule has 0 aromatic heterocycles. The number of allylic oxidation sites excluding steroid dienone is 8. The maximum absolute atomic E-state index is 2.59. The SMILES string of the molecule is C[SiH](C)[Zr+2]([C]1=C(c2ccccc2)C=CC1)[C]1=C(c2ccccc2)C=CC1.[Cl-].[Cl-]. The summed E-state index contributed by atoms with van der Waals surface area (Å²) in [4.78, 5) is 0. The number of benzene rings is 2. The Hall–Kier alpha value is -0.920. The van der Waals surface area contributed by atoms with Crippen LogP contribution in [0.3, 0.4) is 0 Å². The quantitative estimate of drug-likeness (QED) is 0.517. The van der Waals surface area contributed by atoms with Gasteiger partial charge < -0.3 is 24.8 Å². The van der Waals surface area contributed by atoms with Crippen molar-refractivity contribution in [3.05, 3.63) is 103 Å². The van der Waals surface area contributed by atoms with Gasteiger partial charge in [-0.1, -0.05) is 0 Å². The minimum Gasteiger partial charge on any atom is -1.00 e. The largest absolute Gasteiger partial charge is 1.00 e. The van der Waals surface area contributed by atoms with E-state index >= 15 is 0 Å². The fourth-order valence-corrected chi connectivity index (χ4v) is 24.2. The van der Waals surface area contributed by atoms with E-state index in [9.17, 15) is 0 Å². The van der Waals surface area contributed by atoms with Gasteiger partial charge in [0.1, 0.15) is 0 Å². The van der Waals surface area contributed by atoms with Crippen molar-refractivity contribution in [1.29, 1.82) is 0 Å². The molecule has 0 aliphatic heterocycles. The van der Waals surface area contributed by atoms with Crippen LogP contribution in [0, 0.1) is 0 Å². The molecule has 4 rings (SSSR count). The number of hydrogen-bond acceptors (Lipinski definition) is 0. The minimum absolute atomic E-state index is 0. The van der Waals surface area contributed by atoms with Gasteiger partial charge in [-0.05, 0) is 0 Å². The molecular formula is C24H25Cl2SiZr. The zero-order chi connectivity index (χ0) is 17.9. The Balaban J connectivity index is 0.00000140. The summed E-state index contributed by atoms with van der Waals surface area (Å²) in [6.07, 6.45) is 12.0. The topological polar surface area (TPSA) is 0 Å². The molecule has 0 saturated carbocycles. The molecule has 28 heavy (non-hydrogen) atoms. The molecule has 0 radical (unpaired) electrons. The number of hydrogen-bond donors (Lipinski definition) is 0. The summed E-state index contributed by atoms with van der Waals surface area (Å²) in [6.45, 7) is 5.19. The monoisotopic (exact) mass is 501 g/mol. The fraction of sp³-hybridized carbons (Fsp3) is 0.167. The van der Waals surface area contributed by atoms with Gasteiger partial charge >= 0.3 is 167 Å². The van der Waals surface area contributed by atoms with Crippen LogP contribution in [-0.4, -0.2) is 5.92 Å². The van der Waals surface area contributed by atoms with E-state index in [4.69, 9.17) is 0 Å². The van der Waals surface area contributed by atoms with Gasteiger partial charge in [-0.2, -0.15) is 0 Å². The van der Waals surface area contributed by atoms with E-state index in [1.807, 2.05) is 6.56 Å². The predicted octanol–water partition coefficient (Wildman–Crippen LogP) is 0.338. The molecular weight excluding hydrogens is 478 g/mol. The van der Waals surface area contributed by atoms with Crippen LogP contribution in [0.25, 0.3) is 11.1 Å². The second-order valence-corrected chi connectivity index (χ2v) is 26.5. The minimum atomic E-state index is -1.81. The summed E-state index contributed by atoms with van der Waals surface area (Å²) in [6, 6.07) is 22.1. The van der Waals surface area contributed by atoms with Gasteiger partial charge in [0.25, 0.3) is 0 Å². The molecule has 2 aliphatic carbocycles. The molecule has 2 aromatic rings. The normalized spacial score (nSPS) is 15.1.